The van der Waals surface area contributed by atoms with Gasteiger partial charge < -0.3 is 14.8 Å². The third-order valence-corrected chi connectivity index (χ3v) is 7.16. The first-order chi connectivity index (χ1) is 18.2. The van der Waals surface area contributed by atoms with E-state index >= 15 is 0 Å². The lowest BCUT2D eigenvalue weighted by molar-refractivity contribution is 0.0670. The molecular weight excluding hydrogens is 490 g/mol. The Labute approximate surface area is 219 Å². The first-order valence-electron chi connectivity index (χ1n) is 12.6. The number of likely N-dealkylation sites (tertiary alicyclic amines) is 1. The zero-order valence-corrected chi connectivity index (χ0v) is 21.6. The molecule has 3 heterocycles. The number of nitrogens with zero attached hydrogens (tertiary/aromatic N) is 5. The van der Waals surface area contributed by atoms with Crippen LogP contribution in [0.15, 0.2) is 54.9 Å². The highest BCUT2D eigenvalue weighted by atomic mass is 19.3. The Morgan fingerprint density at radius 3 is 2.63 bits per heavy atom. The zero-order chi connectivity index (χ0) is 27.0. The molecule has 2 aromatic heterocycles. The van der Waals surface area contributed by atoms with Crippen molar-refractivity contribution >= 4 is 22.8 Å². The van der Waals surface area contributed by atoms with E-state index in [1.165, 1.54) is 6.07 Å². The van der Waals surface area contributed by atoms with Crippen molar-refractivity contribution in [2.75, 3.05) is 13.1 Å². The van der Waals surface area contributed by atoms with Crippen molar-refractivity contribution in [1.29, 1.82) is 0 Å². The average Bonchev–Trinajstić information content (AvgIpc) is 3.46. The highest BCUT2D eigenvalue weighted by Crippen LogP contribution is 2.30. The number of piperidine rings is 1. The summed E-state index contributed by atoms with van der Waals surface area (Å²) in [6, 6.07) is 14.7. The molecule has 0 aliphatic carbocycles. The second-order valence-electron chi connectivity index (χ2n) is 9.90. The lowest BCUT2D eigenvalue weighted by Crippen LogP contribution is -2.51. The van der Waals surface area contributed by atoms with Gasteiger partial charge in [0.25, 0.3) is 18.2 Å². The highest BCUT2D eigenvalue weighted by molar-refractivity contribution is 5.98. The number of fused-ring (bicyclic) bond motifs is 1. The lowest BCUT2D eigenvalue weighted by atomic mass is 9.85. The molecule has 1 saturated heterocycles. The number of carbonyl (C=O) groups excluding carboxylic acids is 2. The molecule has 38 heavy (non-hydrogen) atoms. The highest BCUT2D eigenvalue weighted by Gasteiger charge is 2.35. The molecule has 0 radical (unpaired) electrons. The number of alkyl halides is 2. The van der Waals surface area contributed by atoms with Gasteiger partial charge in [0.05, 0.1) is 23.1 Å². The molecule has 1 fully saturated rings. The molecule has 2 amide bonds. The Hall–Kier alpha value is -4.08. The molecule has 0 spiro atoms. The Balaban J connectivity index is 1.40. The smallest absolute Gasteiger partial charge is 0.269 e. The molecule has 0 unspecified atom stereocenters. The fraction of sp³-hybridized carbons (Fsp3) is 0.357. The zero-order valence-electron chi connectivity index (χ0n) is 21.6. The monoisotopic (exact) mass is 520 g/mol. The summed E-state index contributed by atoms with van der Waals surface area (Å²) in [6.07, 6.45) is -0.368. The SMILES string of the molecule is Cc1cc(C(=O)N[C@@H]2CCN(C(=O)c3cc(C)c4ncn(C)c4c3)C[C@@H]2c2ccccc2)n(CC(F)F)n1. The fourth-order valence-corrected chi connectivity index (χ4v) is 5.30. The maximum atomic E-state index is 13.6. The molecular formula is C28H30F2N6O2. The van der Waals surface area contributed by atoms with Crippen LogP contribution in [0.5, 0.6) is 0 Å². The summed E-state index contributed by atoms with van der Waals surface area (Å²) in [5.41, 5.74) is 4.89. The van der Waals surface area contributed by atoms with Gasteiger partial charge in [-0.2, -0.15) is 5.10 Å². The number of nitrogens with one attached hydrogen (secondary N) is 1. The molecule has 0 bridgehead atoms. The summed E-state index contributed by atoms with van der Waals surface area (Å²) in [4.78, 5) is 33.1. The van der Waals surface area contributed by atoms with Crippen molar-refractivity contribution in [2.24, 2.45) is 7.05 Å². The van der Waals surface area contributed by atoms with Crippen LogP contribution < -0.4 is 5.32 Å². The van der Waals surface area contributed by atoms with Crippen molar-refractivity contribution in [2.45, 2.75) is 45.2 Å². The van der Waals surface area contributed by atoms with E-state index in [1.54, 1.807) is 13.3 Å². The predicted octanol–water partition coefficient (Wildman–Crippen LogP) is 4.08. The topological polar surface area (TPSA) is 85.0 Å². The second-order valence-corrected chi connectivity index (χ2v) is 9.90. The van der Waals surface area contributed by atoms with Crippen molar-refractivity contribution in [3.63, 3.8) is 0 Å². The van der Waals surface area contributed by atoms with E-state index in [1.807, 2.05) is 65.9 Å². The van der Waals surface area contributed by atoms with Gasteiger partial charge >= 0.3 is 0 Å². The van der Waals surface area contributed by atoms with Gasteiger partial charge in [-0.1, -0.05) is 30.3 Å². The van der Waals surface area contributed by atoms with Crippen LogP contribution in [0.4, 0.5) is 8.78 Å². The number of imidazole rings is 1. The number of amides is 2. The molecule has 5 rings (SSSR count). The van der Waals surface area contributed by atoms with E-state index in [-0.39, 0.29) is 23.6 Å². The molecule has 8 nitrogen and oxygen atoms in total. The van der Waals surface area contributed by atoms with Gasteiger partial charge in [-0.15, -0.1) is 0 Å². The number of aromatic nitrogens is 4. The summed E-state index contributed by atoms with van der Waals surface area (Å²) >= 11 is 0. The largest absolute Gasteiger partial charge is 0.347 e. The minimum absolute atomic E-state index is 0.0763. The van der Waals surface area contributed by atoms with Crippen LogP contribution in [-0.2, 0) is 13.6 Å². The minimum atomic E-state index is -2.62. The van der Waals surface area contributed by atoms with E-state index in [2.05, 4.69) is 15.4 Å². The first kappa shape index (κ1) is 25.6. The van der Waals surface area contributed by atoms with Gasteiger partial charge in [-0.05, 0) is 49.6 Å². The van der Waals surface area contributed by atoms with E-state index in [0.717, 1.165) is 26.8 Å². The molecule has 4 aromatic rings. The molecule has 1 aliphatic heterocycles. The van der Waals surface area contributed by atoms with Crippen LogP contribution in [0.25, 0.3) is 11.0 Å². The molecule has 1 N–H and O–H groups in total. The van der Waals surface area contributed by atoms with Crippen LogP contribution in [0.3, 0.4) is 0 Å². The first-order valence-corrected chi connectivity index (χ1v) is 12.6. The predicted molar refractivity (Wildman–Crippen MR) is 139 cm³/mol. The van der Waals surface area contributed by atoms with Gasteiger partial charge in [-0.25, -0.2) is 13.8 Å². The molecule has 10 heteroatoms. The quantitative estimate of drug-likeness (QED) is 0.415. The van der Waals surface area contributed by atoms with Gasteiger partial charge in [0, 0.05) is 37.7 Å². The lowest BCUT2D eigenvalue weighted by Gasteiger charge is -2.39. The Kier molecular flexibility index (Phi) is 6.96. The number of carbonyl (C=O) groups is 2. The summed E-state index contributed by atoms with van der Waals surface area (Å²) in [6.45, 7) is 3.82. The number of aryl methyl sites for hydroxylation is 3. The third kappa shape index (κ3) is 5.03. The minimum Gasteiger partial charge on any atom is -0.347 e. The summed E-state index contributed by atoms with van der Waals surface area (Å²) in [5.74, 6) is -0.700. The van der Waals surface area contributed by atoms with Crippen LogP contribution in [0.1, 0.15) is 50.0 Å². The van der Waals surface area contributed by atoms with Gasteiger partial charge in [-0.3, -0.25) is 14.3 Å². The summed E-state index contributed by atoms with van der Waals surface area (Å²) in [5, 5.41) is 7.11. The van der Waals surface area contributed by atoms with Crippen molar-refractivity contribution in [1.82, 2.24) is 29.5 Å². The summed E-state index contributed by atoms with van der Waals surface area (Å²) < 4.78 is 29.1. The second kappa shape index (κ2) is 10.4. The standard InChI is InChI=1S/C28H30F2N6O2/c1-17-11-20(13-23-26(17)31-16-34(23)3)28(38)35-10-9-22(21(14-35)19-7-5-4-6-8-19)32-27(37)24-12-18(2)33-36(24)15-25(29)30/h4-8,11-13,16,21-22,25H,9-10,14-15H2,1-3H3,(H,32,37)/t21-,22-/m1/s1. The van der Waals surface area contributed by atoms with Crippen molar-refractivity contribution < 1.29 is 18.4 Å². The maximum Gasteiger partial charge on any atom is 0.269 e. The van der Waals surface area contributed by atoms with E-state index in [4.69, 9.17) is 0 Å². The molecule has 1 aliphatic rings. The van der Waals surface area contributed by atoms with Gasteiger partial charge in [0.2, 0.25) is 0 Å². The number of hydrogen-bond donors (Lipinski definition) is 1. The van der Waals surface area contributed by atoms with Gasteiger partial charge in [0.15, 0.2) is 0 Å². The number of rotatable bonds is 6. The number of hydrogen-bond acceptors (Lipinski definition) is 4. The van der Waals surface area contributed by atoms with Crippen molar-refractivity contribution in [3.05, 3.63) is 82.9 Å². The summed E-state index contributed by atoms with van der Waals surface area (Å²) in [7, 11) is 1.90. The number of halogens is 2. The van der Waals surface area contributed by atoms with E-state index in [9.17, 15) is 18.4 Å². The van der Waals surface area contributed by atoms with Crippen LogP contribution in [0.2, 0.25) is 0 Å². The van der Waals surface area contributed by atoms with Crippen LogP contribution in [-0.4, -0.2) is 61.6 Å². The average molecular weight is 521 g/mol. The van der Waals surface area contributed by atoms with Gasteiger partial charge in [0.1, 0.15) is 12.2 Å². The molecule has 2 aromatic carbocycles. The Morgan fingerprint density at radius 2 is 1.89 bits per heavy atom. The Bertz CT molecular complexity index is 1480. The van der Waals surface area contributed by atoms with Crippen molar-refractivity contribution in [3.8, 4) is 0 Å². The normalized spacial score (nSPS) is 17.8. The van der Waals surface area contributed by atoms with Crippen LogP contribution >= 0.6 is 0 Å². The fourth-order valence-electron chi connectivity index (χ4n) is 5.30. The third-order valence-electron chi connectivity index (χ3n) is 7.16. The van der Waals surface area contributed by atoms with Crippen LogP contribution in [0, 0.1) is 13.8 Å². The van der Waals surface area contributed by atoms with E-state index in [0.29, 0.717) is 30.8 Å². The molecule has 2 atom stereocenters. The Morgan fingerprint density at radius 1 is 1.13 bits per heavy atom. The maximum absolute atomic E-state index is 13.6. The molecule has 198 valence electrons. The van der Waals surface area contributed by atoms with E-state index < -0.39 is 18.9 Å². The number of benzene rings is 2. The molecule has 0 saturated carbocycles.